The number of benzene rings is 1. The van der Waals surface area contributed by atoms with Crippen molar-refractivity contribution in [3.8, 4) is 6.19 Å². The Balaban J connectivity index is 2.20. The Kier molecular flexibility index (Phi) is 10.4. The molecule has 4 N–H and O–H groups in total. The highest BCUT2D eigenvalue weighted by Crippen LogP contribution is 2.02. The van der Waals surface area contributed by atoms with Gasteiger partial charge in [0.2, 0.25) is 5.96 Å². The second-order valence-corrected chi connectivity index (χ2v) is 5.19. The largest absolute Gasteiger partial charge is 0.355 e. The third-order valence-electron chi connectivity index (χ3n) is 3.36. The number of nitrogens with two attached hydrogens (primary N) is 1. The van der Waals surface area contributed by atoms with Crippen molar-refractivity contribution >= 4 is 5.96 Å². The molecule has 0 aliphatic carbocycles. The van der Waals surface area contributed by atoms with Crippen molar-refractivity contribution in [3.63, 3.8) is 0 Å². The summed E-state index contributed by atoms with van der Waals surface area (Å²) in [5, 5.41) is 14.5. The molecule has 0 saturated carbocycles. The number of guanidine groups is 1. The van der Waals surface area contributed by atoms with Gasteiger partial charge in [0.1, 0.15) is 0 Å². The fourth-order valence-electron chi connectivity index (χ4n) is 2.14. The summed E-state index contributed by atoms with van der Waals surface area (Å²) in [6.07, 6.45) is 8.54. The minimum atomic E-state index is 0.570. The van der Waals surface area contributed by atoms with Gasteiger partial charge in [-0.15, -0.1) is 0 Å². The van der Waals surface area contributed by atoms with E-state index < -0.39 is 0 Å². The van der Waals surface area contributed by atoms with Gasteiger partial charge < -0.3 is 11.1 Å². The Morgan fingerprint density at radius 1 is 1.09 bits per heavy atom. The van der Waals surface area contributed by atoms with E-state index in [9.17, 15) is 0 Å². The van der Waals surface area contributed by atoms with Gasteiger partial charge in [0.25, 0.3) is 0 Å². The molecule has 0 radical (unpaired) electrons. The second-order valence-electron chi connectivity index (χ2n) is 5.19. The van der Waals surface area contributed by atoms with Crippen molar-refractivity contribution in [2.45, 2.75) is 38.5 Å². The maximum absolute atomic E-state index is 8.76. The van der Waals surface area contributed by atoms with Crippen molar-refractivity contribution in [1.29, 1.82) is 5.26 Å². The van der Waals surface area contributed by atoms with E-state index in [0.717, 1.165) is 45.3 Å². The van der Waals surface area contributed by atoms with Crippen LogP contribution in [0.25, 0.3) is 0 Å². The Bertz CT molecular complexity index is 450. The highest BCUT2D eigenvalue weighted by atomic mass is 15.2. The highest BCUT2D eigenvalue weighted by Gasteiger charge is 1.98. The van der Waals surface area contributed by atoms with Crippen molar-refractivity contribution in [2.75, 3.05) is 19.6 Å². The van der Waals surface area contributed by atoms with E-state index >= 15 is 0 Å². The van der Waals surface area contributed by atoms with Gasteiger partial charge in [-0.25, -0.2) is 0 Å². The smallest absolute Gasteiger partial charge is 0.204 e. The molecular weight excluding hydrogens is 274 g/mol. The SMILES string of the molecule is N#CNC(=NCCCCCCCN)NCCc1ccccc1. The van der Waals surface area contributed by atoms with Gasteiger partial charge in [0.05, 0.1) is 0 Å². The topological polar surface area (TPSA) is 86.2 Å². The zero-order chi connectivity index (χ0) is 15.9. The Hall–Kier alpha value is -2.06. The van der Waals surface area contributed by atoms with Gasteiger partial charge in [0, 0.05) is 13.1 Å². The maximum Gasteiger partial charge on any atom is 0.204 e. The lowest BCUT2D eigenvalue weighted by molar-refractivity contribution is 0.622. The van der Waals surface area contributed by atoms with E-state index in [2.05, 4.69) is 27.8 Å². The highest BCUT2D eigenvalue weighted by molar-refractivity contribution is 5.81. The number of aliphatic imine (C=N–C) groups is 1. The molecule has 120 valence electrons. The maximum atomic E-state index is 8.76. The summed E-state index contributed by atoms with van der Waals surface area (Å²) in [6, 6.07) is 10.3. The van der Waals surface area contributed by atoms with Crippen molar-refractivity contribution in [2.24, 2.45) is 10.7 Å². The van der Waals surface area contributed by atoms with Gasteiger partial charge in [-0.05, 0) is 31.4 Å². The lowest BCUT2D eigenvalue weighted by Gasteiger charge is -2.08. The fourth-order valence-corrected chi connectivity index (χ4v) is 2.14. The summed E-state index contributed by atoms with van der Waals surface area (Å²) in [4.78, 5) is 4.41. The standard InChI is InChI=1S/C17H27N5/c18-12-7-2-1-3-8-13-20-17(22-15-19)21-14-11-16-9-5-4-6-10-16/h4-6,9-10H,1-3,7-8,11-14,18H2,(H2,20,21,22). The quantitative estimate of drug-likeness (QED) is 0.203. The number of hydrogen-bond donors (Lipinski definition) is 3. The van der Waals surface area contributed by atoms with E-state index in [1.54, 1.807) is 0 Å². The molecule has 22 heavy (non-hydrogen) atoms. The van der Waals surface area contributed by atoms with Crippen LogP contribution in [0.2, 0.25) is 0 Å². The minimum absolute atomic E-state index is 0.570. The average Bonchev–Trinajstić information content (AvgIpc) is 2.55. The Morgan fingerprint density at radius 2 is 1.82 bits per heavy atom. The monoisotopic (exact) mass is 301 g/mol. The van der Waals surface area contributed by atoms with Crippen LogP contribution in [0.4, 0.5) is 0 Å². The molecule has 0 unspecified atom stereocenters. The summed E-state index contributed by atoms with van der Waals surface area (Å²) < 4.78 is 0. The summed E-state index contributed by atoms with van der Waals surface area (Å²) in [5.74, 6) is 0.570. The third-order valence-corrected chi connectivity index (χ3v) is 3.36. The summed E-state index contributed by atoms with van der Waals surface area (Å²) in [5.41, 5.74) is 6.73. The second kappa shape index (κ2) is 12.7. The van der Waals surface area contributed by atoms with Crippen LogP contribution in [-0.2, 0) is 6.42 Å². The molecule has 1 aromatic carbocycles. The number of unbranched alkanes of at least 4 members (excludes halogenated alkanes) is 4. The van der Waals surface area contributed by atoms with E-state index in [1.807, 2.05) is 24.4 Å². The van der Waals surface area contributed by atoms with E-state index in [0.29, 0.717) is 5.96 Å². The van der Waals surface area contributed by atoms with Crippen molar-refractivity contribution in [3.05, 3.63) is 35.9 Å². The van der Waals surface area contributed by atoms with E-state index in [-0.39, 0.29) is 0 Å². The molecule has 5 heteroatoms. The number of rotatable bonds is 10. The van der Waals surface area contributed by atoms with Crippen LogP contribution >= 0.6 is 0 Å². The van der Waals surface area contributed by atoms with Crippen LogP contribution in [0.3, 0.4) is 0 Å². The number of nitrogens with zero attached hydrogens (tertiary/aromatic N) is 2. The molecule has 0 bridgehead atoms. The lowest BCUT2D eigenvalue weighted by atomic mass is 10.1. The van der Waals surface area contributed by atoms with Gasteiger partial charge in [-0.3, -0.25) is 10.3 Å². The first kappa shape index (κ1) is 18.0. The zero-order valence-electron chi connectivity index (χ0n) is 13.2. The third kappa shape index (κ3) is 8.98. The molecule has 0 heterocycles. The van der Waals surface area contributed by atoms with Gasteiger partial charge in [0.15, 0.2) is 6.19 Å². The zero-order valence-corrected chi connectivity index (χ0v) is 13.2. The molecule has 1 aromatic rings. The van der Waals surface area contributed by atoms with Crippen LogP contribution in [0.1, 0.15) is 37.7 Å². The first-order valence-corrected chi connectivity index (χ1v) is 8.04. The van der Waals surface area contributed by atoms with E-state index in [1.165, 1.54) is 18.4 Å². The number of hydrogen-bond acceptors (Lipinski definition) is 3. The average molecular weight is 301 g/mol. The molecule has 0 aromatic heterocycles. The first-order valence-electron chi connectivity index (χ1n) is 8.04. The van der Waals surface area contributed by atoms with Gasteiger partial charge in [-0.2, -0.15) is 5.26 Å². The minimum Gasteiger partial charge on any atom is -0.355 e. The molecule has 0 atom stereocenters. The normalized spacial score (nSPS) is 11.0. The summed E-state index contributed by atoms with van der Waals surface area (Å²) in [6.45, 7) is 2.28. The molecular formula is C17H27N5. The number of nitriles is 1. The Labute approximate surface area is 133 Å². The predicted octanol–water partition coefficient (Wildman–Crippen LogP) is 2.15. The Morgan fingerprint density at radius 3 is 2.55 bits per heavy atom. The molecule has 1 rings (SSSR count). The first-order chi connectivity index (χ1) is 10.9. The van der Waals surface area contributed by atoms with E-state index in [4.69, 9.17) is 11.0 Å². The van der Waals surface area contributed by atoms with Crippen LogP contribution < -0.4 is 16.4 Å². The molecule has 0 amide bonds. The van der Waals surface area contributed by atoms with Crippen molar-refractivity contribution < 1.29 is 0 Å². The van der Waals surface area contributed by atoms with Crippen LogP contribution in [0, 0.1) is 11.5 Å². The van der Waals surface area contributed by atoms with Crippen molar-refractivity contribution in [1.82, 2.24) is 10.6 Å². The molecule has 0 aliphatic heterocycles. The van der Waals surface area contributed by atoms with Gasteiger partial charge in [-0.1, -0.05) is 49.6 Å². The molecule has 0 fully saturated rings. The summed E-state index contributed by atoms with van der Waals surface area (Å²) in [7, 11) is 0. The number of nitrogens with one attached hydrogen (secondary N) is 2. The van der Waals surface area contributed by atoms with Crippen LogP contribution in [0.5, 0.6) is 0 Å². The lowest BCUT2D eigenvalue weighted by Crippen LogP contribution is -2.36. The molecule has 0 saturated heterocycles. The predicted molar refractivity (Wildman–Crippen MR) is 91.3 cm³/mol. The van der Waals surface area contributed by atoms with Crippen LogP contribution in [-0.4, -0.2) is 25.6 Å². The van der Waals surface area contributed by atoms with Gasteiger partial charge >= 0.3 is 0 Å². The molecule has 0 aliphatic rings. The fraction of sp³-hybridized carbons (Fsp3) is 0.529. The van der Waals surface area contributed by atoms with Crippen LogP contribution in [0.15, 0.2) is 35.3 Å². The molecule has 0 spiro atoms. The molecule has 5 nitrogen and oxygen atoms in total. The summed E-state index contributed by atoms with van der Waals surface area (Å²) >= 11 is 0.